The lowest BCUT2D eigenvalue weighted by atomic mass is 10.1. The molecule has 0 aromatic heterocycles. The number of hydrogen-bond donors (Lipinski definition) is 1. The standard InChI is InChI=1S/C19H28N2O5S/c1-4-21(5-2)27(24,25)16-11-10-14(3)17(12-16)20-18(22)13-26-19(23)15-8-6-7-9-15/h10-12,15H,4-9,13H2,1-3H3,(H,20,22). The van der Waals surface area contributed by atoms with Crippen molar-refractivity contribution < 1.29 is 22.7 Å². The Morgan fingerprint density at radius 2 is 1.81 bits per heavy atom. The summed E-state index contributed by atoms with van der Waals surface area (Å²) in [5, 5.41) is 2.64. The lowest BCUT2D eigenvalue weighted by Gasteiger charge is -2.19. The molecule has 2 rings (SSSR count). The zero-order valence-electron chi connectivity index (χ0n) is 16.2. The number of carbonyl (C=O) groups is 2. The van der Waals surface area contributed by atoms with Gasteiger partial charge in [0.2, 0.25) is 10.0 Å². The van der Waals surface area contributed by atoms with Crippen LogP contribution in [0.3, 0.4) is 0 Å². The maximum atomic E-state index is 12.6. The average Bonchev–Trinajstić information content (AvgIpc) is 3.17. The highest BCUT2D eigenvalue weighted by Crippen LogP contribution is 2.26. The van der Waals surface area contributed by atoms with E-state index in [0.29, 0.717) is 18.8 Å². The number of nitrogens with zero attached hydrogens (tertiary/aromatic N) is 1. The third-order valence-electron chi connectivity index (χ3n) is 4.86. The summed E-state index contributed by atoms with van der Waals surface area (Å²) in [5.41, 5.74) is 1.12. The van der Waals surface area contributed by atoms with Crippen LogP contribution < -0.4 is 5.32 Å². The van der Waals surface area contributed by atoms with Gasteiger partial charge in [-0.15, -0.1) is 0 Å². The molecular formula is C19H28N2O5S. The van der Waals surface area contributed by atoms with E-state index >= 15 is 0 Å². The first-order valence-corrected chi connectivity index (χ1v) is 10.8. The fraction of sp³-hybridized carbons (Fsp3) is 0.579. The molecule has 7 nitrogen and oxygen atoms in total. The van der Waals surface area contributed by atoms with Gasteiger partial charge < -0.3 is 10.1 Å². The lowest BCUT2D eigenvalue weighted by molar-refractivity contribution is -0.151. The van der Waals surface area contributed by atoms with Crippen LogP contribution in [0.15, 0.2) is 23.1 Å². The molecule has 0 atom stereocenters. The molecule has 1 aliphatic carbocycles. The van der Waals surface area contributed by atoms with E-state index in [9.17, 15) is 18.0 Å². The Hall–Kier alpha value is -1.93. The van der Waals surface area contributed by atoms with Crippen molar-refractivity contribution >= 4 is 27.6 Å². The Balaban J connectivity index is 2.05. The monoisotopic (exact) mass is 396 g/mol. The second kappa shape index (κ2) is 9.32. The number of esters is 1. The number of aryl methyl sites for hydroxylation is 1. The number of amides is 1. The number of hydrogen-bond acceptors (Lipinski definition) is 5. The molecule has 1 saturated carbocycles. The summed E-state index contributed by atoms with van der Waals surface area (Å²) in [6, 6.07) is 4.62. The molecule has 0 aliphatic heterocycles. The molecule has 1 aromatic rings. The Kier molecular flexibility index (Phi) is 7.38. The number of nitrogens with one attached hydrogen (secondary N) is 1. The van der Waals surface area contributed by atoms with Crippen LogP contribution in [0.5, 0.6) is 0 Å². The average molecular weight is 397 g/mol. The first kappa shape index (κ1) is 21.4. The van der Waals surface area contributed by atoms with Gasteiger partial charge in [0.25, 0.3) is 5.91 Å². The minimum Gasteiger partial charge on any atom is -0.455 e. The number of carbonyl (C=O) groups excluding carboxylic acids is 2. The van der Waals surface area contributed by atoms with Crippen LogP contribution in [0.2, 0.25) is 0 Å². The normalized spacial score (nSPS) is 15.1. The van der Waals surface area contributed by atoms with E-state index < -0.39 is 15.9 Å². The van der Waals surface area contributed by atoms with Crippen molar-refractivity contribution in [2.75, 3.05) is 25.0 Å². The SMILES string of the molecule is CCN(CC)S(=O)(=O)c1ccc(C)c(NC(=O)COC(=O)C2CCCC2)c1. The minimum atomic E-state index is -3.62. The van der Waals surface area contributed by atoms with Crippen molar-refractivity contribution in [2.45, 2.75) is 51.3 Å². The highest BCUT2D eigenvalue weighted by atomic mass is 32.2. The molecule has 150 valence electrons. The maximum Gasteiger partial charge on any atom is 0.309 e. The molecule has 0 bridgehead atoms. The summed E-state index contributed by atoms with van der Waals surface area (Å²) in [4.78, 5) is 24.2. The molecule has 1 aromatic carbocycles. The van der Waals surface area contributed by atoms with E-state index in [2.05, 4.69) is 5.32 Å². The van der Waals surface area contributed by atoms with E-state index in [-0.39, 0.29) is 23.4 Å². The lowest BCUT2D eigenvalue weighted by Crippen LogP contribution is -2.30. The van der Waals surface area contributed by atoms with E-state index in [4.69, 9.17) is 4.74 Å². The van der Waals surface area contributed by atoms with E-state index in [1.165, 1.54) is 16.4 Å². The number of benzene rings is 1. The van der Waals surface area contributed by atoms with Gasteiger partial charge in [0.1, 0.15) is 0 Å². The van der Waals surface area contributed by atoms with E-state index in [0.717, 1.165) is 31.2 Å². The summed E-state index contributed by atoms with van der Waals surface area (Å²) < 4.78 is 31.7. The molecule has 1 amide bonds. The zero-order chi connectivity index (χ0) is 20.0. The van der Waals surface area contributed by atoms with Crippen LogP contribution in [-0.2, 0) is 24.3 Å². The van der Waals surface area contributed by atoms with Crippen LogP contribution in [-0.4, -0.2) is 44.3 Å². The summed E-state index contributed by atoms with van der Waals surface area (Å²) in [6.07, 6.45) is 3.65. The highest BCUT2D eigenvalue weighted by molar-refractivity contribution is 7.89. The van der Waals surface area contributed by atoms with Gasteiger partial charge in [-0.05, 0) is 37.5 Å². The first-order valence-electron chi connectivity index (χ1n) is 9.36. The molecular weight excluding hydrogens is 368 g/mol. The molecule has 1 fully saturated rings. The molecule has 0 spiro atoms. The van der Waals surface area contributed by atoms with Crippen LogP contribution >= 0.6 is 0 Å². The third kappa shape index (κ3) is 5.29. The molecule has 1 N–H and O–H groups in total. The number of rotatable bonds is 8. The fourth-order valence-electron chi connectivity index (χ4n) is 3.21. The molecule has 27 heavy (non-hydrogen) atoms. The molecule has 1 aliphatic rings. The Morgan fingerprint density at radius 1 is 1.19 bits per heavy atom. The smallest absolute Gasteiger partial charge is 0.309 e. The van der Waals surface area contributed by atoms with Crippen molar-refractivity contribution in [3.05, 3.63) is 23.8 Å². The molecule has 0 radical (unpaired) electrons. The van der Waals surface area contributed by atoms with Crippen molar-refractivity contribution in [3.8, 4) is 0 Å². The van der Waals surface area contributed by atoms with Gasteiger partial charge in [-0.2, -0.15) is 4.31 Å². The Bertz CT molecular complexity index is 781. The Labute approximate surface area is 161 Å². The predicted molar refractivity (Wildman–Crippen MR) is 103 cm³/mol. The van der Waals surface area contributed by atoms with E-state index in [1.807, 2.05) is 0 Å². The highest BCUT2D eigenvalue weighted by Gasteiger charge is 2.25. The van der Waals surface area contributed by atoms with Crippen molar-refractivity contribution in [1.82, 2.24) is 4.31 Å². The van der Waals surface area contributed by atoms with Gasteiger partial charge in [0.05, 0.1) is 10.8 Å². The van der Waals surface area contributed by atoms with E-state index in [1.54, 1.807) is 26.8 Å². The van der Waals surface area contributed by atoms with Gasteiger partial charge in [-0.1, -0.05) is 32.8 Å². The fourth-order valence-corrected chi connectivity index (χ4v) is 4.70. The maximum absolute atomic E-state index is 12.6. The first-order chi connectivity index (χ1) is 12.8. The van der Waals surface area contributed by atoms with Gasteiger partial charge in [-0.3, -0.25) is 9.59 Å². The van der Waals surface area contributed by atoms with Gasteiger partial charge in [0, 0.05) is 18.8 Å². The third-order valence-corrected chi connectivity index (χ3v) is 6.91. The second-order valence-electron chi connectivity index (χ2n) is 6.70. The zero-order valence-corrected chi connectivity index (χ0v) is 17.0. The van der Waals surface area contributed by atoms with Crippen LogP contribution in [0.25, 0.3) is 0 Å². The Morgan fingerprint density at radius 3 is 2.41 bits per heavy atom. The number of ether oxygens (including phenoxy) is 1. The summed E-state index contributed by atoms with van der Waals surface area (Å²) in [5.74, 6) is -0.929. The van der Waals surface area contributed by atoms with Gasteiger partial charge >= 0.3 is 5.97 Å². The molecule has 0 heterocycles. The van der Waals surface area contributed by atoms with Crippen LogP contribution in [0.1, 0.15) is 45.1 Å². The topological polar surface area (TPSA) is 92.8 Å². The number of sulfonamides is 1. The summed E-state index contributed by atoms with van der Waals surface area (Å²) in [7, 11) is -3.62. The van der Waals surface area contributed by atoms with Crippen LogP contribution in [0.4, 0.5) is 5.69 Å². The minimum absolute atomic E-state index is 0.109. The number of anilines is 1. The van der Waals surface area contributed by atoms with Gasteiger partial charge in [-0.25, -0.2) is 8.42 Å². The van der Waals surface area contributed by atoms with Crippen molar-refractivity contribution in [1.29, 1.82) is 0 Å². The quantitative estimate of drug-likeness (QED) is 0.682. The van der Waals surface area contributed by atoms with Crippen molar-refractivity contribution in [3.63, 3.8) is 0 Å². The summed E-state index contributed by atoms with van der Waals surface area (Å²) >= 11 is 0. The molecule has 0 saturated heterocycles. The van der Waals surface area contributed by atoms with Crippen molar-refractivity contribution in [2.24, 2.45) is 5.92 Å². The second-order valence-corrected chi connectivity index (χ2v) is 8.64. The largest absolute Gasteiger partial charge is 0.455 e. The molecule has 8 heteroatoms. The summed E-state index contributed by atoms with van der Waals surface area (Å²) in [6.45, 7) is 5.68. The van der Waals surface area contributed by atoms with Crippen LogP contribution in [0, 0.1) is 12.8 Å². The van der Waals surface area contributed by atoms with Gasteiger partial charge in [0.15, 0.2) is 6.61 Å². The molecule has 0 unspecified atom stereocenters. The predicted octanol–water partition coefficient (Wildman–Crippen LogP) is 2.70.